The van der Waals surface area contributed by atoms with Crippen LogP contribution in [0, 0.1) is 0 Å². The van der Waals surface area contributed by atoms with Crippen molar-refractivity contribution in [1.82, 2.24) is 4.90 Å². The zero-order chi connectivity index (χ0) is 10.3. The molecule has 0 aromatic carbocycles. The first kappa shape index (κ1) is 12.4. The van der Waals surface area contributed by atoms with Gasteiger partial charge in [0.1, 0.15) is 6.10 Å². The molecule has 1 N–H and O–H groups in total. The smallest absolute Gasteiger partial charge is 0.251 e. The maximum atomic E-state index is 11.4. The Morgan fingerprint density at radius 3 is 2.31 bits per heavy atom. The summed E-state index contributed by atoms with van der Waals surface area (Å²) in [7, 11) is 0. The van der Waals surface area contributed by atoms with Crippen molar-refractivity contribution in [1.29, 1.82) is 0 Å². The van der Waals surface area contributed by atoms with Crippen molar-refractivity contribution in [3.63, 3.8) is 0 Å². The van der Waals surface area contributed by atoms with Gasteiger partial charge in [-0.3, -0.25) is 4.79 Å². The molecule has 0 radical (unpaired) electrons. The van der Waals surface area contributed by atoms with Crippen molar-refractivity contribution in [3.8, 4) is 0 Å². The zero-order valence-corrected chi connectivity index (χ0v) is 8.92. The SMILES string of the molecule is CCCCN(CCC)C(=O)C(C)O. The number of unbranched alkanes of at least 4 members (excludes halogenated alkanes) is 1. The van der Waals surface area contributed by atoms with Gasteiger partial charge in [0, 0.05) is 13.1 Å². The Morgan fingerprint density at radius 1 is 1.31 bits per heavy atom. The molecule has 0 aromatic rings. The molecule has 1 amide bonds. The first-order valence-corrected chi connectivity index (χ1v) is 5.10. The third-order valence-corrected chi connectivity index (χ3v) is 1.94. The molecule has 0 fully saturated rings. The average Bonchev–Trinajstić information content (AvgIpc) is 2.11. The fourth-order valence-corrected chi connectivity index (χ4v) is 1.22. The monoisotopic (exact) mass is 187 g/mol. The fourth-order valence-electron chi connectivity index (χ4n) is 1.22. The van der Waals surface area contributed by atoms with Crippen LogP contribution in [0.25, 0.3) is 0 Å². The third-order valence-electron chi connectivity index (χ3n) is 1.94. The highest BCUT2D eigenvalue weighted by Crippen LogP contribution is 2.00. The Balaban J connectivity index is 3.99. The molecule has 0 rings (SSSR count). The lowest BCUT2D eigenvalue weighted by Gasteiger charge is -2.23. The van der Waals surface area contributed by atoms with Gasteiger partial charge in [0.25, 0.3) is 5.91 Å². The summed E-state index contributed by atoms with van der Waals surface area (Å²) in [5, 5.41) is 9.13. The molecule has 0 saturated heterocycles. The largest absolute Gasteiger partial charge is 0.384 e. The van der Waals surface area contributed by atoms with Crippen LogP contribution < -0.4 is 0 Å². The molecule has 0 aliphatic carbocycles. The predicted octanol–water partition coefficient (Wildman–Crippen LogP) is 1.41. The standard InChI is InChI=1S/C10H21NO2/c1-4-6-8-11(7-5-2)10(13)9(3)12/h9,12H,4-8H2,1-3H3. The van der Waals surface area contributed by atoms with E-state index in [-0.39, 0.29) is 5.91 Å². The number of hydrogen-bond acceptors (Lipinski definition) is 2. The van der Waals surface area contributed by atoms with E-state index in [1.165, 1.54) is 6.92 Å². The number of aliphatic hydroxyl groups excluding tert-OH is 1. The van der Waals surface area contributed by atoms with E-state index >= 15 is 0 Å². The van der Waals surface area contributed by atoms with Crippen molar-refractivity contribution < 1.29 is 9.90 Å². The second kappa shape index (κ2) is 6.89. The maximum absolute atomic E-state index is 11.4. The molecule has 1 atom stereocenters. The molecule has 3 nitrogen and oxygen atoms in total. The summed E-state index contributed by atoms with van der Waals surface area (Å²) in [6.45, 7) is 7.18. The zero-order valence-electron chi connectivity index (χ0n) is 8.92. The molecule has 0 bridgehead atoms. The van der Waals surface area contributed by atoms with Gasteiger partial charge in [-0.15, -0.1) is 0 Å². The fraction of sp³-hybridized carbons (Fsp3) is 0.900. The van der Waals surface area contributed by atoms with Crippen LogP contribution in [0.4, 0.5) is 0 Å². The highest BCUT2D eigenvalue weighted by molar-refractivity contribution is 5.80. The van der Waals surface area contributed by atoms with Crippen LogP contribution in [-0.4, -0.2) is 35.1 Å². The lowest BCUT2D eigenvalue weighted by Crippen LogP contribution is -2.38. The van der Waals surface area contributed by atoms with Gasteiger partial charge in [-0.25, -0.2) is 0 Å². The van der Waals surface area contributed by atoms with E-state index in [4.69, 9.17) is 5.11 Å². The highest BCUT2D eigenvalue weighted by Gasteiger charge is 2.16. The summed E-state index contributed by atoms with van der Waals surface area (Å²) in [6, 6.07) is 0. The molecular weight excluding hydrogens is 166 g/mol. The molecule has 0 spiro atoms. The quantitative estimate of drug-likeness (QED) is 0.683. The third kappa shape index (κ3) is 4.88. The Morgan fingerprint density at radius 2 is 1.92 bits per heavy atom. The number of amides is 1. The average molecular weight is 187 g/mol. The van der Waals surface area contributed by atoms with Gasteiger partial charge in [-0.05, 0) is 19.8 Å². The second-order valence-electron chi connectivity index (χ2n) is 3.35. The normalized spacial score (nSPS) is 12.6. The summed E-state index contributed by atoms with van der Waals surface area (Å²) >= 11 is 0. The van der Waals surface area contributed by atoms with Crippen molar-refractivity contribution in [3.05, 3.63) is 0 Å². The van der Waals surface area contributed by atoms with Crippen LogP contribution in [-0.2, 0) is 4.79 Å². The first-order valence-electron chi connectivity index (χ1n) is 5.10. The van der Waals surface area contributed by atoms with Gasteiger partial charge < -0.3 is 10.0 Å². The van der Waals surface area contributed by atoms with Gasteiger partial charge in [0.05, 0.1) is 0 Å². The Hall–Kier alpha value is -0.570. The van der Waals surface area contributed by atoms with Crippen molar-refractivity contribution in [2.45, 2.75) is 46.1 Å². The van der Waals surface area contributed by atoms with Crippen LogP contribution in [0.2, 0.25) is 0 Å². The molecule has 3 heteroatoms. The summed E-state index contributed by atoms with van der Waals surface area (Å²) in [5.74, 6) is -0.143. The summed E-state index contributed by atoms with van der Waals surface area (Å²) < 4.78 is 0. The van der Waals surface area contributed by atoms with E-state index in [0.717, 1.165) is 32.4 Å². The molecule has 0 aromatic heterocycles. The van der Waals surface area contributed by atoms with Crippen molar-refractivity contribution >= 4 is 5.91 Å². The molecule has 0 aliphatic rings. The van der Waals surface area contributed by atoms with Crippen LogP contribution >= 0.6 is 0 Å². The number of aliphatic hydroxyl groups is 1. The number of nitrogens with zero attached hydrogens (tertiary/aromatic N) is 1. The minimum absolute atomic E-state index is 0.143. The van der Waals surface area contributed by atoms with Crippen LogP contribution in [0.3, 0.4) is 0 Å². The van der Waals surface area contributed by atoms with Gasteiger partial charge in [0.15, 0.2) is 0 Å². The van der Waals surface area contributed by atoms with Gasteiger partial charge in [-0.2, -0.15) is 0 Å². The molecule has 13 heavy (non-hydrogen) atoms. The number of hydrogen-bond donors (Lipinski definition) is 1. The molecular formula is C10H21NO2. The minimum Gasteiger partial charge on any atom is -0.384 e. The molecule has 0 heterocycles. The highest BCUT2D eigenvalue weighted by atomic mass is 16.3. The molecule has 0 saturated carbocycles. The topological polar surface area (TPSA) is 40.5 Å². The second-order valence-corrected chi connectivity index (χ2v) is 3.35. The molecule has 78 valence electrons. The Kier molecular flexibility index (Phi) is 6.59. The Bertz CT molecular complexity index is 146. The van der Waals surface area contributed by atoms with Gasteiger partial charge >= 0.3 is 0 Å². The molecule has 0 aliphatic heterocycles. The van der Waals surface area contributed by atoms with E-state index < -0.39 is 6.10 Å². The maximum Gasteiger partial charge on any atom is 0.251 e. The number of carbonyl (C=O) groups is 1. The number of carbonyl (C=O) groups excluding carboxylic acids is 1. The predicted molar refractivity (Wildman–Crippen MR) is 53.5 cm³/mol. The lowest BCUT2D eigenvalue weighted by molar-refractivity contribution is -0.139. The van der Waals surface area contributed by atoms with Gasteiger partial charge in [0.2, 0.25) is 0 Å². The van der Waals surface area contributed by atoms with Crippen molar-refractivity contribution in [2.24, 2.45) is 0 Å². The van der Waals surface area contributed by atoms with E-state index in [1.54, 1.807) is 4.90 Å². The summed E-state index contributed by atoms with van der Waals surface area (Å²) in [4.78, 5) is 13.2. The number of rotatable bonds is 6. The van der Waals surface area contributed by atoms with E-state index in [0.29, 0.717) is 0 Å². The lowest BCUT2D eigenvalue weighted by atomic mass is 10.2. The van der Waals surface area contributed by atoms with E-state index in [2.05, 4.69) is 6.92 Å². The first-order chi connectivity index (χ1) is 6.13. The van der Waals surface area contributed by atoms with E-state index in [1.807, 2.05) is 6.92 Å². The van der Waals surface area contributed by atoms with Crippen LogP contribution in [0.5, 0.6) is 0 Å². The Labute approximate surface area is 80.7 Å². The summed E-state index contributed by atoms with van der Waals surface area (Å²) in [5.41, 5.74) is 0. The van der Waals surface area contributed by atoms with Crippen LogP contribution in [0.15, 0.2) is 0 Å². The van der Waals surface area contributed by atoms with Gasteiger partial charge in [-0.1, -0.05) is 20.3 Å². The van der Waals surface area contributed by atoms with Crippen molar-refractivity contribution in [2.75, 3.05) is 13.1 Å². The van der Waals surface area contributed by atoms with E-state index in [9.17, 15) is 4.79 Å². The summed E-state index contributed by atoms with van der Waals surface area (Å²) in [6.07, 6.45) is 2.18. The minimum atomic E-state index is -0.858. The molecule has 1 unspecified atom stereocenters. The van der Waals surface area contributed by atoms with Crippen LogP contribution in [0.1, 0.15) is 40.0 Å².